The van der Waals surface area contributed by atoms with Gasteiger partial charge in [0, 0.05) is 18.4 Å². The van der Waals surface area contributed by atoms with Crippen LogP contribution in [-0.2, 0) is 4.74 Å². The number of rotatable bonds is 2. The van der Waals surface area contributed by atoms with Crippen LogP contribution in [0.15, 0.2) is 18.2 Å². The highest BCUT2D eigenvalue weighted by molar-refractivity contribution is 5.47. The first kappa shape index (κ1) is 10.2. The number of phenols is 1. The lowest BCUT2D eigenvalue weighted by Crippen LogP contribution is -2.26. The van der Waals surface area contributed by atoms with Gasteiger partial charge in [-0.25, -0.2) is 4.39 Å². The average Bonchev–Trinajstić information content (AvgIpc) is 2.59. The molecule has 2 rings (SSSR count). The molecule has 0 spiro atoms. The molecule has 0 bridgehead atoms. The van der Waals surface area contributed by atoms with E-state index in [4.69, 9.17) is 9.84 Å². The molecule has 1 aliphatic rings. The molecule has 0 amide bonds. The lowest BCUT2D eigenvalue weighted by Gasteiger charge is -2.17. The third-order valence-corrected chi connectivity index (χ3v) is 2.68. The molecule has 1 heterocycles. The fourth-order valence-corrected chi connectivity index (χ4v) is 1.73. The van der Waals surface area contributed by atoms with Crippen molar-refractivity contribution < 1.29 is 14.2 Å². The minimum Gasteiger partial charge on any atom is -0.505 e. The highest BCUT2D eigenvalue weighted by atomic mass is 19.1. The fraction of sp³-hybridized carbons (Fsp3) is 0.455. The molecule has 15 heavy (non-hydrogen) atoms. The Bertz CT molecular complexity index is 356. The van der Waals surface area contributed by atoms with E-state index in [2.05, 4.69) is 5.32 Å². The Morgan fingerprint density at radius 2 is 2.33 bits per heavy atom. The zero-order valence-corrected chi connectivity index (χ0v) is 8.53. The molecular weight excluding hydrogens is 197 g/mol. The zero-order valence-electron chi connectivity index (χ0n) is 8.53. The Balaban J connectivity index is 2.07. The number of halogens is 1. The third-order valence-electron chi connectivity index (χ3n) is 2.68. The van der Waals surface area contributed by atoms with Gasteiger partial charge < -0.3 is 15.2 Å². The number of hydrogen-bond donors (Lipinski definition) is 2. The number of aromatic hydroxyl groups is 1. The van der Waals surface area contributed by atoms with Gasteiger partial charge in [0.25, 0.3) is 0 Å². The lowest BCUT2D eigenvalue weighted by molar-refractivity contribution is 0.121. The second kappa shape index (κ2) is 4.06. The maximum Gasteiger partial charge on any atom is 0.166 e. The van der Waals surface area contributed by atoms with Gasteiger partial charge in [-0.1, -0.05) is 0 Å². The van der Waals surface area contributed by atoms with Crippen molar-refractivity contribution in [3.05, 3.63) is 24.0 Å². The van der Waals surface area contributed by atoms with Gasteiger partial charge in [-0.15, -0.1) is 0 Å². The molecule has 2 N–H and O–H groups in total. The second-order valence-corrected chi connectivity index (χ2v) is 3.78. The number of hydrogen-bond acceptors (Lipinski definition) is 3. The largest absolute Gasteiger partial charge is 0.505 e. The zero-order chi connectivity index (χ0) is 10.8. The van der Waals surface area contributed by atoms with Crippen LogP contribution in [0, 0.1) is 5.82 Å². The average molecular weight is 211 g/mol. The predicted octanol–water partition coefficient (Wildman–Crippen LogP) is 2.12. The van der Waals surface area contributed by atoms with Crippen molar-refractivity contribution in [2.45, 2.75) is 25.5 Å². The molecule has 2 atom stereocenters. The van der Waals surface area contributed by atoms with E-state index in [1.807, 2.05) is 6.92 Å². The Hall–Kier alpha value is -1.29. The molecule has 1 fully saturated rings. The van der Waals surface area contributed by atoms with E-state index in [1.165, 1.54) is 12.1 Å². The van der Waals surface area contributed by atoms with Crippen LogP contribution in [0.5, 0.6) is 5.75 Å². The van der Waals surface area contributed by atoms with E-state index in [-0.39, 0.29) is 17.9 Å². The maximum absolute atomic E-state index is 13.0. The lowest BCUT2D eigenvalue weighted by atomic mass is 10.1. The minimum atomic E-state index is -0.605. The molecule has 1 aliphatic heterocycles. The van der Waals surface area contributed by atoms with Crippen LogP contribution in [0.4, 0.5) is 10.1 Å². The van der Waals surface area contributed by atoms with Crippen molar-refractivity contribution in [3.63, 3.8) is 0 Å². The van der Waals surface area contributed by atoms with Crippen LogP contribution in [0.3, 0.4) is 0 Å². The van der Waals surface area contributed by atoms with Crippen LogP contribution in [-0.4, -0.2) is 23.9 Å². The summed E-state index contributed by atoms with van der Waals surface area (Å²) in [6, 6.07) is 4.51. The van der Waals surface area contributed by atoms with E-state index >= 15 is 0 Å². The molecule has 3 nitrogen and oxygen atoms in total. The van der Waals surface area contributed by atoms with Crippen LogP contribution < -0.4 is 5.32 Å². The van der Waals surface area contributed by atoms with Gasteiger partial charge in [-0.2, -0.15) is 0 Å². The number of ether oxygens (including phenoxy) is 1. The molecule has 0 radical (unpaired) electrons. The van der Waals surface area contributed by atoms with Gasteiger partial charge >= 0.3 is 0 Å². The van der Waals surface area contributed by atoms with Crippen molar-refractivity contribution >= 4 is 5.69 Å². The molecule has 4 heteroatoms. The summed E-state index contributed by atoms with van der Waals surface area (Å²) in [4.78, 5) is 0. The van der Waals surface area contributed by atoms with E-state index in [0.717, 1.165) is 13.0 Å². The van der Waals surface area contributed by atoms with Gasteiger partial charge in [0.1, 0.15) is 0 Å². The first-order valence-electron chi connectivity index (χ1n) is 5.03. The summed E-state index contributed by atoms with van der Waals surface area (Å²) in [6.07, 6.45) is 1.06. The quantitative estimate of drug-likeness (QED) is 0.736. The van der Waals surface area contributed by atoms with Crippen molar-refractivity contribution in [2.75, 3.05) is 11.9 Å². The van der Waals surface area contributed by atoms with Crippen molar-refractivity contribution in [3.8, 4) is 5.75 Å². The first-order valence-corrected chi connectivity index (χ1v) is 5.03. The Kier molecular flexibility index (Phi) is 2.77. The maximum atomic E-state index is 13.0. The van der Waals surface area contributed by atoms with Gasteiger partial charge in [0.05, 0.1) is 12.1 Å². The van der Waals surface area contributed by atoms with Gasteiger partial charge in [-0.3, -0.25) is 0 Å². The van der Waals surface area contributed by atoms with E-state index in [1.54, 1.807) is 6.07 Å². The molecule has 2 unspecified atom stereocenters. The highest BCUT2D eigenvalue weighted by Crippen LogP contribution is 2.23. The molecule has 1 saturated heterocycles. The number of nitrogens with one attached hydrogen (secondary N) is 1. The summed E-state index contributed by atoms with van der Waals surface area (Å²) >= 11 is 0. The van der Waals surface area contributed by atoms with Gasteiger partial charge in [0.15, 0.2) is 11.6 Å². The number of benzene rings is 1. The van der Waals surface area contributed by atoms with Crippen LogP contribution in [0.2, 0.25) is 0 Å². The Morgan fingerprint density at radius 3 is 2.93 bits per heavy atom. The molecule has 0 aromatic heterocycles. The van der Waals surface area contributed by atoms with E-state index in [0.29, 0.717) is 5.69 Å². The Morgan fingerprint density at radius 1 is 1.53 bits per heavy atom. The molecule has 0 aliphatic carbocycles. The van der Waals surface area contributed by atoms with Crippen LogP contribution >= 0.6 is 0 Å². The second-order valence-electron chi connectivity index (χ2n) is 3.78. The van der Waals surface area contributed by atoms with Gasteiger partial charge in [0.2, 0.25) is 0 Å². The summed E-state index contributed by atoms with van der Waals surface area (Å²) in [5.74, 6) is -0.928. The summed E-state index contributed by atoms with van der Waals surface area (Å²) in [5, 5.41) is 12.2. The first-order chi connectivity index (χ1) is 7.16. The third kappa shape index (κ3) is 2.21. The van der Waals surface area contributed by atoms with Crippen molar-refractivity contribution in [1.29, 1.82) is 0 Å². The van der Waals surface area contributed by atoms with Crippen molar-refractivity contribution in [1.82, 2.24) is 0 Å². The summed E-state index contributed by atoms with van der Waals surface area (Å²) in [7, 11) is 0. The van der Waals surface area contributed by atoms with E-state index in [9.17, 15) is 4.39 Å². The standard InChI is InChI=1S/C11H14FNO2/c1-7-10(4-5-15-7)13-8-2-3-11(14)9(12)6-8/h2-3,6-7,10,13-14H,4-5H2,1H3. The molecule has 82 valence electrons. The topological polar surface area (TPSA) is 41.5 Å². The summed E-state index contributed by atoms with van der Waals surface area (Å²) < 4.78 is 18.4. The predicted molar refractivity (Wildman–Crippen MR) is 55.5 cm³/mol. The normalized spacial score (nSPS) is 25.5. The van der Waals surface area contributed by atoms with Crippen LogP contribution in [0.1, 0.15) is 13.3 Å². The molecular formula is C11H14FNO2. The van der Waals surface area contributed by atoms with Crippen LogP contribution in [0.25, 0.3) is 0 Å². The SMILES string of the molecule is CC1OCCC1Nc1ccc(O)c(F)c1. The number of phenolic OH excluding ortho intramolecular Hbond substituents is 1. The summed E-state index contributed by atoms with van der Waals surface area (Å²) in [6.45, 7) is 2.72. The number of anilines is 1. The van der Waals surface area contributed by atoms with E-state index < -0.39 is 5.82 Å². The molecule has 1 aromatic carbocycles. The Labute approximate surface area is 87.9 Å². The monoisotopic (exact) mass is 211 g/mol. The fourth-order valence-electron chi connectivity index (χ4n) is 1.73. The highest BCUT2D eigenvalue weighted by Gasteiger charge is 2.23. The van der Waals surface area contributed by atoms with Crippen molar-refractivity contribution in [2.24, 2.45) is 0 Å². The van der Waals surface area contributed by atoms with Gasteiger partial charge in [-0.05, 0) is 25.5 Å². The smallest absolute Gasteiger partial charge is 0.166 e. The molecule has 0 saturated carbocycles. The summed E-state index contributed by atoms with van der Waals surface area (Å²) in [5.41, 5.74) is 0.674. The minimum absolute atomic E-state index is 0.141. The molecule has 1 aromatic rings.